The number of benzene rings is 1. The summed E-state index contributed by atoms with van der Waals surface area (Å²) in [4.78, 5) is 20.3. The topological polar surface area (TPSA) is 132 Å². The fourth-order valence-electron chi connectivity index (χ4n) is 4.47. The van der Waals surface area contributed by atoms with Crippen molar-refractivity contribution in [1.29, 1.82) is 5.26 Å². The Balaban J connectivity index is 1.71. The Bertz CT molecular complexity index is 1400. The first-order chi connectivity index (χ1) is 16.0. The van der Waals surface area contributed by atoms with Crippen LogP contribution in [-0.4, -0.2) is 43.4 Å². The summed E-state index contributed by atoms with van der Waals surface area (Å²) < 4.78 is 8.79. The third kappa shape index (κ3) is 3.87. The number of aryl methyl sites for hydroxylation is 1. The van der Waals surface area contributed by atoms with Gasteiger partial charge in [0.05, 0.1) is 6.33 Å². The number of nitrogens with zero attached hydrogens (tertiary/aromatic N) is 7. The van der Waals surface area contributed by atoms with Crippen molar-refractivity contribution in [2.24, 2.45) is 5.73 Å². The van der Waals surface area contributed by atoms with Gasteiger partial charge >= 0.3 is 0 Å². The molecule has 5 rings (SSSR count). The molecule has 0 saturated carbocycles. The highest BCUT2D eigenvalue weighted by Gasteiger charge is 2.28. The highest BCUT2D eigenvalue weighted by molar-refractivity contribution is 5.89. The molecule has 0 bridgehead atoms. The van der Waals surface area contributed by atoms with Crippen molar-refractivity contribution >= 4 is 16.9 Å². The summed E-state index contributed by atoms with van der Waals surface area (Å²) >= 11 is 0. The number of anilines is 1. The van der Waals surface area contributed by atoms with Gasteiger partial charge in [0.15, 0.2) is 0 Å². The van der Waals surface area contributed by atoms with E-state index in [1.165, 1.54) is 10.9 Å². The van der Waals surface area contributed by atoms with E-state index < -0.39 is 0 Å². The molecule has 0 unspecified atom stereocenters. The number of nitriles is 1. The van der Waals surface area contributed by atoms with Gasteiger partial charge < -0.3 is 19.6 Å². The second kappa shape index (κ2) is 8.52. The van der Waals surface area contributed by atoms with Crippen molar-refractivity contribution in [3.05, 3.63) is 69.9 Å². The van der Waals surface area contributed by atoms with E-state index in [2.05, 4.69) is 26.2 Å². The highest BCUT2D eigenvalue weighted by Crippen LogP contribution is 2.32. The van der Waals surface area contributed by atoms with Gasteiger partial charge in [0, 0.05) is 32.6 Å². The van der Waals surface area contributed by atoms with Crippen molar-refractivity contribution in [1.82, 2.24) is 24.3 Å². The zero-order valence-electron chi connectivity index (χ0n) is 18.3. The lowest BCUT2D eigenvalue weighted by molar-refractivity contribution is 0.451. The zero-order chi connectivity index (χ0) is 22.9. The van der Waals surface area contributed by atoms with Crippen molar-refractivity contribution in [3.63, 3.8) is 0 Å². The summed E-state index contributed by atoms with van der Waals surface area (Å²) in [6.45, 7) is 3.62. The molecule has 0 aliphatic carbocycles. The average Bonchev–Trinajstić information content (AvgIpc) is 3.37. The number of hydrogen-bond donors (Lipinski definition) is 1. The molecule has 0 spiro atoms. The van der Waals surface area contributed by atoms with Crippen LogP contribution >= 0.6 is 0 Å². The fourth-order valence-corrected chi connectivity index (χ4v) is 4.47. The van der Waals surface area contributed by atoms with E-state index in [9.17, 15) is 10.1 Å². The predicted molar refractivity (Wildman–Crippen MR) is 122 cm³/mol. The number of hydrogen-bond acceptors (Lipinski definition) is 8. The normalized spacial score (nSPS) is 16.3. The second-order valence-electron chi connectivity index (χ2n) is 8.32. The van der Waals surface area contributed by atoms with E-state index in [1.54, 1.807) is 6.92 Å². The monoisotopic (exact) mass is 444 g/mol. The van der Waals surface area contributed by atoms with Crippen molar-refractivity contribution in [2.75, 3.05) is 18.0 Å². The average molecular weight is 444 g/mol. The van der Waals surface area contributed by atoms with Crippen LogP contribution in [0.5, 0.6) is 0 Å². The Labute approximate surface area is 189 Å². The molecule has 0 radical (unpaired) electrons. The molecule has 2 N–H and O–H groups in total. The number of fused-ring (bicyclic) bond motifs is 1. The van der Waals surface area contributed by atoms with Gasteiger partial charge in [0.1, 0.15) is 35.0 Å². The van der Waals surface area contributed by atoms with E-state index in [0.29, 0.717) is 47.3 Å². The van der Waals surface area contributed by atoms with E-state index in [1.807, 2.05) is 34.9 Å². The molecule has 10 nitrogen and oxygen atoms in total. The highest BCUT2D eigenvalue weighted by atomic mass is 16.4. The second-order valence-corrected chi connectivity index (χ2v) is 8.32. The summed E-state index contributed by atoms with van der Waals surface area (Å²) in [7, 11) is 0. The van der Waals surface area contributed by atoms with Crippen LogP contribution in [0.15, 0.2) is 45.9 Å². The summed E-state index contributed by atoms with van der Waals surface area (Å²) in [5, 5.41) is 17.9. The van der Waals surface area contributed by atoms with Crippen LogP contribution in [0.2, 0.25) is 0 Å². The molecule has 1 aromatic carbocycles. The SMILES string of the molecule is Cc1nnc(Cn2cnc3c(C#N)c(N4CCC[C@H](N)C4)n(Cc4ccccc4)c3c2=O)o1. The van der Waals surface area contributed by atoms with Gasteiger partial charge in [0.25, 0.3) is 5.56 Å². The van der Waals surface area contributed by atoms with Crippen molar-refractivity contribution in [3.8, 4) is 6.07 Å². The zero-order valence-corrected chi connectivity index (χ0v) is 18.3. The van der Waals surface area contributed by atoms with Gasteiger partial charge in [-0.2, -0.15) is 5.26 Å². The third-order valence-corrected chi connectivity index (χ3v) is 5.93. The van der Waals surface area contributed by atoms with E-state index in [-0.39, 0.29) is 18.1 Å². The molecule has 33 heavy (non-hydrogen) atoms. The first-order valence-corrected chi connectivity index (χ1v) is 10.9. The Morgan fingerprint density at radius 2 is 2.06 bits per heavy atom. The Morgan fingerprint density at radius 1 is 1.24 bits per heavy atom. The number of rotatable bonds is 5. The van der Waals surface area contributed by atoms with Crippen molar-refractivity contribution < 1.29 is 4.42 Å². The van der Waals surface area contributed by atoms with Gasteiger partial charge in [-0.05, 0) is 18.4 Å². The standard InChI is InChI=1S/C23H24N8O2/c1-15-27-28-19(33-15)13-30-14-26-20-18(10-24)22(29-9-5-8-17(25)12-29)31(21(20)23(30)32)11-16-6-3-2-4-7-16/h2-4,6-7,14,17H,5,8-9,11-13,25H2,1H3/t17-/m0/s1. The maximum atomic E-state index is 13.6. The van der Waals surface area contributed by atoms with Gasteiger partial charge in [-0.25, -0.2) is 4.98 Å². The number of piperidine rings is 1. The summed E-state index contributed by atoms with van der Waals surface area (Å²) in [6, 6.07) is 12.2. The molecule has 1 aliphatic heterocycles. The number of aromatic nitrogens is 5. The molecule has 4 aromatic rings. The van der Waals surface area contributed by atoms with Gasteiger partial charge in [0.2, 0.25) is 11.8 Å². The third-order valence-electron chi connectivity index (χ3n) is 5.93. The molecule has 1 atom stereocenters. The quantitative estimate of drug-likeness (QED) is 0.493. The molecule has 168 valence electrons. The summed E-state index contributed by atoms with van der Waals surface area (Å²) in [5.41, 5.74) is 8.17. The molecule has 1 aliphatic rings. The molecular weight excluding hydrogens is 420 g/mol. The first kappa shape index (κ1) is 20.9. The van der Waals surface area contributed by atoms with Crippen LogP contribution in [0.1, 0.15) is 35.7 Å². The lowest BCUT2D eigenvalue weighted by Crippen LogP contribution is -2.44. The molecule has 10 heteroatoms. The van der Waals surface area contributed by atoms with E-state index >= 15 is 0 Å². The van der Waals surface area contributed by atoms with Gasteiger partial charge in [-0.3, -0.25) is 9.36 Å². The summed E-state index contributed by atoms with van der Waals surface area (Å²) in [6.07, 6.45) is 3.29. The molecule has 0 amide bonds. The summed E-state index contributed by atoms with van der Waals surface area (Å²) in [5.74, 6) is 1.44. The minimum absolute atomic E-state index is 0.0128. The van der Waals surface area contributed by atoms with Crippen LogP contribution in [0, 0.1) is 18.3 Å². The fraction of sp³-hybridized carbons (Fsp3) is 0.348. The van der Waals surface area contributed by atoms with Crippen molar-refractivity contribution in [2.45, 2.75) is 38.9 Å². The smallest absolute Gasteiger partial charge is 0.278 e. The van der Waals surface area contributed by atoms with Crippen LogP contribution < -0.4 is 16.2 Å². The molecule has 3 aromatic heterocycles. The first-order valence-electron chi connectivity index (χ1n) is 10.9. The lowest BCUT2D eigenvalue weighted by atomic mass is 10.1. The van der Waals surface area contributed by atoms with Crippen LogP contribution in [-0.2, 0) is 13.1 Å². The lowest BCUT2D eigenvalue weighted by Gasteiger charge is -2.33. The molecule has 1 fully saturated rings. The Morgan fingerprint density at radius 3 is 2.76 bits per heavy atom. The van der Waals surface area contributed by atoms with Gasteiger partial charge in [-0.15, -0.1) is 10.2 Å². The Hall–Kier alpha value is -3.97. The van der Waals surface area contributed by atoms with Crippen LogP contribution in [0.3, 0.4) is 0 Å². The van der Waals surface area contributed by atoms with E-state index in [4.69, 9.17) is 10.2 Å². The predicted octanol–water partition coefficient (Wildman–Crippen LogP) is 1.79. The Kier molecular flexibility index (Phi) is 5.40. The minimum Gasteiger partial charge on any atom is -0.424 e. The molecule has 1 saturated heterocycles. The van der Waals surface area contributed by atoms with Crippen LogP contribution in [0.4, 0.5) is 5.82 Å². The number of nitrogens with two attached hydrogens (primary N) is 1. The maximum Gasteiger partial charge on any atom is 0.278 e. The van der Waals surface area contributed by atoms with Gasteiger partial charge in [-0.1, -0.05) is 30.3 Å². The van der Waals surface area contributed by atoms with Crippen LogP contribution in [0.25, 0.3) is 11.0 Å². The maximum absolute atomic E-state index is 13.6. The van der Waals surface area contributed by atoms with E-state index in [0.717, 1.165) is 24.9 Å². The largest absolute Gasteiger partial charge is 0.424 e. The molecule has 4 heterocycles. The minimum atomic E-state index is -0.268. The molecular formula is C23H24N8O2.